The fraction of sp³-hybridized carbons (Fsp3) is 0.579. The number of amides is 1. The SMILES string of the molecule is Cc1cc(C)c2c(C)c(C(=O)NCCN(C(C)C)C(C)C)sc2n1. The first kappa shape index (κ1) is 18.9. The Balaban J connectivity index is 2.12. The summed E-state index contributed by atoms with van der Waals surface area (Å²) in [7, 11) is 0. The minimum absolute atomic E-state index is 0.0139. The fourth-order valence-corrected chi connectivity index (χ4v) is 4.55. The van der Waals surface area contributed by atoms with Crippen LogP contribution in [0.3, 0.4) is 0 Å². The smallest absolute Gasteiger partial charge is 0.261 e. The second kappa shape index (κ2) is 7.62. The van der Waals surface area contributed by atoms with Crippen LogP contribution in [0.25, 0.3) is 10.2 Å². The van der Waals surface area contributed by atoms with Crippen molar-refractivity contribution in [2.75, 3.05) is 13.1 Å². The van der Waals surface area contributed by atoms with Crippen LogP contribution in [0.4, 0.5) is 0 Å². The molecule has 1 N–H and O–H groups in total. The Bertz CT molecular complexity index is 726. The molecule has 0 fully saturated rings. The van der Waals surface area contributed by atoms with Crippen molar-refractivity contribution < 1.29 is 4.79 Å². The van der Waals surface area contributed by atoms with Crippen molar-refractivity contribution in [3.05, 3.63) is 27.8 Å². The van der Waals surface area contributed by atoms with Crippen LogP contribution in [0.5, 0.6) is 0 Å². The summed E-state index contributed by atoms with van der Waals surface area (Å²) in [5, 5.41) is 4.20. The van der Waals surface area contributed by atoms with E-state index in [-0.39, 0.29) is 5.91 Å². The molecule has 2 rings (SSSR count). The summed E-state index contributed by atoms with van der Waals surface area (Å²) in [5.74, 6) is 0.0139. The van der Waals surface area contributed by atoms with E-state index in [4.69, 9.17) is 0 Å². The largest absolute Gasteiger partial charge is 0.350 e. The van der Waals surface area contributed by atoms with Crippen LogP contribution in [0, 0.1) is 20.8 Å². The normalized spacial score (nSPS) is 11.9. The van der Waals surface area contributed by atoms with E-state index in [9.17, 15) is 4.79 Å². The van der Waals surface area contributed by atoms with Crippen molar-refractivity contribution in [1.29, 1.82) is 0 Å². The van der Waals surface area contributed by atoms with Crippen LogP contribution in [0.2, 0.25) is 0 Å². The zero-order valence-corrected chi connectivity index (χ0v) is 16.7. The molecule has 0 saturated heterocycles. The number of pyridine rings is 1. The van der Waals surface area contributed by atoms with E-state index in [0.717, 1.165) is 32.9 Å². The minimum atomic E-state index is 0.0139. The highest BCUT2D eigenvalue weighted by Crippen LogP contribution is 2.32. The van der Waals surface area contributed by atoms with E-state index in [0.29, 0.717) is 18.6 Å². The molecule has 0 aliphatic carbocycles. The van der Waals surface area contributed by atoms with Gasteiger partial charge >= 0.3 is 0 Å². The number of hydrogen-bond donors (Lipinski definition) is 1. The molecular formula is C19H29N3OS. The molecule has 24 heavy (non-hydrogen) atoms. The molecule has 0 saturated carbocycles. The van der Waals surface area contributed by atoms with Crippen molar-refractivity contribution in [2.24, 2.45) is 0 Å². The van der Waals surface area contributed by atoms with E-state index in [1.54, 1.807) is 0 Å². The highest BCUT2D eigenvalue weighted by atomic mass is 32.1. The molecule has 2 heterocycles. The molecule has 0 bridgehead atoms. The molecule has 0 radical (unpaired) electrons. The van der Waals surface area contributed by atoms with Gasteiger partial charge in [-0.15, -0.1) is 11.3 Å². The number of nitrogens with zero attached hydrogens (tertiary/aromatic N) is 2. The van der Waals surface area contributed by atoms with Crippen LogP contribution >= 0.6 is 11.3 Å². The molecule has 0 spiro atoms. The van der Waals surface area contributed by atoms with Gasteiger partial charge in [0, 0.05) is 36.3 Å². The van der Waals surface area contributed by atoms with Crippen LogP contribution in [-0.4, -0.2) is 41.0 Å². The molecule has 2 aromatic heterocycles. The molecular weight excluding hydrogens is 318 g/mol. The Hall–Kier alpha value is -1.46. The lowest BCUT2D eigenvalue weighted by Crippen LogP contribution is -2.42. The minimum Gasteiger partial charge on any atom is -0.350 e. The van der Waals surface area contributed by atoms with Crippen molar-refractivity contribution in [1.82, 2.24) is 15.2 Å². The van der Waals surface area contributed by atoms with E-state index in [1.165, 1.54) is 16.9 Å². The zero-order valence-electron chi connectivity index (χ0n) is 15.9. The number of aromatic nitrogens is 1. The van der Waals surface area contributed by atoms with Gasteiger partial charge in [-0.05, 0) is 65.7 Å². The van der Waals surface area contributed by atoms with Gasteiger partial charge in [0.25, 0.3) is 5.91 Å². The first-order valence-corrected chi connectivity index (χ1v) is 9.45. The van der Waals surface area contributed by atoms with E-state index in [1.807, 2.05) is 13.8 Å². The second-order valence-corrected chi connectivity index (χ2v) is 8.00. The molecule has 4 nitrogen and oxygen atoms in total. The number of aryl methyl sites for hydroxylation is 3. The Morgan fingerprint density at radius 3 is 2.42 bits per heavy atom. The quantitative estimate of drug-likeness (QED) is 0.857. The molecule has 0 aliphatic heterocycles. The number of nitrogens with one attached hydrogen (secondary N) is 1. The molecule has 0 unspecified atom stereocenters. The van der Waals surface area contributed by atoms with Gasteiger partial charge in [-0.2, -0.15) is 0 Å². The summed E-state index contributed by atoms with van der Waals surface area (Å²) in [4.78, 5) is 21.3. The maximum atomic E-state index is 12.6. The van der Waals surface area contributed by atoms with Gasteiger partial charge in [-0.1, -0.05) is 0 Å². The average Bonchev–Trinajstić information content (AvgIpc) is 2.79. The summed E-state index contributed by atoms with van der Waals surface area (Å²) >= 11 is 1.50. The maximum absolute atomic E-state index is 12.6. The van der Waals surface area contributed by atoms with Gasteiger partial charge in [0.15, 0.2) is 0 Å². The van der Waals surface area contributed by atoms with Crippen molar-refractivity contribution in [2.45, 2.75) is 60.5 Å². The summed E-state index contributed by atoms with van der Waals surface area (Å²) < 4.78 is 0. The molecule has 0 atom stereocenters. The van der Waals surface area contributed by atoms with Crippen molar-refractivity contribution in [3.63, 3.8) is 0 Å². The monoisotopic (exact) mass is 347 g/mol. The summed E-state index contributed by atoms with van der Waals surface area (Å²) in [5.41, 5.74) is 3.23. The average molecular weight is 348 g/mol. The van der Waals surface area contributed by atoms with E-state index in [2.05, 4.69) is 55.9 Å². The first-order chi connectivity index (χ1) is 11.2. The molecule has 5 heteroatoms. The molecule has 132 valence electrons. The fourth-order valence-electron chi connectivity index (χ4n) is 3.33. The van der Waals surface area contributed by atoms with Gasteiger partial charge < -0.3 is 5.32 Å². The van der Waals surface area contributed by atoms with Gasteiger partial charge in [-0.3, -0.25) is 9.69 Å². The number of fused-ring (bicyclic) bond motifs is 1. The van der Waals surface area contributed by atoms with Gasteiger partial charge in [0.1, 0.15) is 4.83 Å². The van der Waals surface area contributed by atoms with Crippen LogP contribution in [0.15, 0.2) is 6.07 Å². The third-order valence-corrected chi connectivity index (χ3v) is 5.60. The summed E-state index contributed by atoms with van der Waals surface area (Å²) in [6.45, 7) is 16.4. The van der Waals surface area contributed by atoms with Crippen molar-refractivity contribution >= 4 is 27.5 Å². The Kier molecular flexibility index (Phi) is 5.99. The number of hydrogen-bond acceptors (Lipinski definition) is 4. The van der Waals surface area contributed by atoms with Crippen LogP contribution in [0.1, 0.15) is 54.2 Å². The lowest BCUT2D eigenvalue weighted by molar-refractivity contribution is 0.0943. The maximum Gasteiger partial charge on any atom is 0.261 e. The van der Waals surface area contributed by atoms with Crippen LogP contribution < -0.4 is 5.32 Å². The third kappa shape index (κ3) is 3.95. The van der Waals surface area contributed by atoms with Gasteiger partial charge in [0.05, 0.1) is 4.88 Å². The van der Waals surface area contributed by atoms with Gasteiger partial charge in [0.2, 0.25) is 0 Å². The van der Waals surface area contributed by atoms with E-state index >= 15 is 0 Å². The molecule has 0 aromatic carbocycles. The first-order valence-electron chi connectivity index (χ1n) is 8.63. The predicted molar refractivity (Wildman–Crippen MR) is 103 cm³/mol. The van der Waals surface area contributed by atoms with Crippen LogP contribution in [-0.2, 0) is 0 Å². The Morgan fingerprint density at radius 2 is 1.83 bits per heavy atom. The summed E-state index contributed by atoms with van der Waals surface area (Å²) in [6.07, 6.45) is 0. The predicted octanol–water partition coefficient (Wildman–Crippen LogP) is 4.07. The molecule has 1 amide bonds. The summed E-state index contributed by atoms with van der Waals surface area (Å²) in [6, 6.07) is 3.03. The van der Waals surface area contributed by atoms with Crippen molar-refractivity contribution in [3.8, 4) is 0 Å². The highest BCUT2D eigenvalue weighted by Gasteiger charge is 2.18. The number of thiophene rings is 1. The standard InChI is InChI=1S/C19H29N3OS/c1-11(2)22(12(3)4)9-8-20-18(23)17-15(7)16-13(5)10-14(6)21-19(16)24-17/h10-12H,8-9H2,1-7H3,(H,20,23). The zero-order chi connectivity index (χ0) is 18.0. The van der Waals surface area contributed by atoms with E-state index < -0.39 is 0 Å². The molecule has 2 aromatic rings. The highest BCUT2D eigenvalue weighted by molar-refractivity contribution is 7.20. The number of rotatable bonds is 6. The topological polar surface area (TPSA) is 45.2 Å². The lowest BCUT2D eigenvalue weighted by atomic mass is 10.1. The number of carbonyl (C=O) groups is 1. The molecule has 0 aliphatic rings. The lowest BCUT2D eigenvalue weighted by Gasteiger charge is -2.30. The second-order valence-electron chi connectivity index (χ2n) is 7.00. The Labute approximate surface area is 149 Å². The Morgan fingerprint density at radius 1 is 1.21 bits per heavy atom. The third-order valence-electron chi connectivity index (χ3n) is 4.41. The van der Waals surface area contributed by atoms with Gasteiger partial charge in [-0.25, -0.2) is 4.98 Å². The number of carbonyl (C=O) groups excluding carboxylic acids is 1.